The maximum Gasteiger partial charge on any atom is 0.268 e. The zero-order valence-electron chi connectivity index (χ0n) is 9.68. The summed E-state index contributed by atoms with van der Waals surface area (Å²) in [4.78, 5) is 18.4. The van der Waals surface area contributed by atoms with Crippen LogP contribution < -0.4 is 10.6 Å². The van der Waals surface area contributed by atoms with Crippen molar-refractivity contribution in [3.05, 3.63) is 40.3 Å². The molecule has 4 nitrogen and oxygen atoms in total. The number of amides is 1. The van der Waals surface area contributed by atoms with Crippen LogP contribution in [-0.2, 0) is 0 Å². The molecule has 0 unspecified atom stereocenters. The van der Waals surface area contributed by atoms with Gasteiger partial charge < -0.3 is 10.6 Å². The molecule has 2 rings (SSSR count). The Bertz CT molecular complexity index is 550. The van der Waals surface area contributed by atoms with Crippen molar-refractivity contribution in [1.82, 2.24) is 4.98 Å². The summed E-state index contributed by atoms with van der Waals surface area (Å²) in [5.74, 6) is -0.0459. The number of hydrogen-bond donors (Lipinski definition) is 1. The quantitative estimate of drug-likeness (QED) is 0.886. The van der Waals surface area contributed by atoms with Crippen molar-refractivity contribution in [2.45, 2.75) is 6.92 Å². The first-order valence-electron chi connectivity index (χ1n) is 5.13. The number of aryl methyl sites for hydroxylation is 1. The van der Waals surface area contributed by atoms with Gasteiger partial charge in [0.15, 0.2) is 0 Å². The molecule has 0 spiro atoms. The van der Waals surface area contributed by atoms with E-state index in [0.717, 1.165) is 10.4 Å². The summed E-state index contributed by atoms with van der Waals surface area (Å²) >= 11 is 1.44. The van der Waals surface area contributed by atoms with Gasteiger partial charge in [-0.25, -0.2) is 0 Å². The van der Waals surface area contributed by atoms with Gasteiger partial charge in [0.25, 0.3) is 5.91 Å². The minimum Gasteiger partial charge on any atom is -0.396 e. The van der Waals surface area contributed by atoms with E-state index in [1.165, 1.54) is 11.3 Å². The van der Waals surface area contributed by atoms with E-state index in [0.29, 0.717) is 11.4 Å². The molecule has 0 saturated heterocycles. The molecule has 0 saturated carbocycles. The van der Waals surface area contributed by atoms with Crippen LogP contribution in [0.1, 0.15) is 15.2 Å². The summed E-state index contributed by atoms with van der Waals surface area (Å²) < 4.78 is 0. The maximum atomic E-state index is 12.2. The summed E-state index contributed by atoms with van der Waals surface area (Å²) in [5.41, 5.74) is 7.96. The fourth-order valence-electron chi connectivity index (χ4n) is 1.56. The van der Waals surface area contributed by atoms with Crippen LogP contribution in [0.5, 0.6) is 0 Å². The lowest BCUT2D eigenvalue weighted by Crippen LogP contribution is -2.26. The minimum absolute atomic E-state index is 0.0459. The zero-order valence-corrected chi connectivity index (χ0v) is 10.5. The highest BCUT2D eigenvalue weighted by molar-refractivity contribution is 7.12. The van der Waals surface area contributed by atoms with Gasteiger partial charge in [0.1, 0.15) is 0 Å². The van der Waals surface area contributed by atoms with Crippen molar-refractivity contribution in [3.8, 4) is 0 Å². The van der Waals surface area contributed by atoms with Gasteiger partial charge in [0, 0.05) is 13.2 Å². The Morgan fingerprint density at radius 3 is 2.82 bits per heavy atom. The fourth-order valence-corrected chi connectivity index (χ4v) is 2.46. The monoisotopic (exact) mass is 247 g/mol. The molecule has 0 fully saturated rings. The molecule has 17 heavy (non-hydrogen) atoms. The standard InChI is InChI=1S/C12H13N3OS/c1-8-4-6-17-11(8)12(16)15(2)10-3-5-14-7-9(10)13/h3-7H,13H2,1-2H3. The molecule has 0 aromatic carbocycles. The first-order valence-corrected chi connectivity index (χ1v) is 6.01. The lowest BCUT2D eigenvalue weighted by atomic mass is 10.2. The Morgan fingerprint density at radius 2 is 2.24 bits per heavy atom. The Hall–Kier alpha value is -1.88. The van der Waals surface area contributed by atoms with Gasteiger partial charge in [-0.1, -0.05) is 0 Å². The van der Waals surface area contributed by atoms with Crippen molar-refractivity contribution in [2.75, 3.05) is 17.7 Å². The van der Waals surface area contributed by atoms with Crippen LogP contribution in [0, 0.1) is 6.92 Å². The molecule has 0 radical (unpaired) electrons. The summed E-state index contributed by atoms with van der Waals surface area (Å²) in [6.45, 7) is 1.92. The van der Waals surface area contributed by atoms with Crippen LogP contribution in [0.2, 0.25) is 0 Å². The average Bonchev–Trinajstić information content (AvgIpc) is 2.74. The van der Waals surface area contributed by atoms with E-state index in [1.807, 2.05) is 18.4 Å². The fraction of sp³-hybridized carbons (Fsp3) is 0.167. The lowest BCUT2D eigenvalue weighted by molar-refractivity contribution is 0.0996. The molecule has 88 valence electrons. The number of hydrogen-bond acceptors (Lipinski definition) is 4. The Labute approximate surface area is 104 Å². The van der Waals surface area contributed by atoms with Gasteiger partial charge in [0.2, 0.25) is 0 Å². The predicted molar refractivity (Wildman–Crippen MR) is 70.4 cm³/mol. The number of nitrogen functional groups attached to an aromatic ring is 1. The van der Waals surface area contributed by atoms with Crippen LogP contribution in [0.4, 0.5) is 11.4 Å². The van der Waals surface area contributed by atoms with Gasteiger partial charge in [-0.2, -0.15) is 0 Å². The second-order valence-electron chi connectivity index (χ2n) is 3.73. The van der Waals surface area contributed by atoms with Gasteiger partial charge in [-0.3, -0.25) is 9.78 Å². The normalized spacial score (nSPS) is 10.2. The summed E-state index contributed by atoms with van der Waals surface area (Å²) in [5, 5.41) is 1.91. The molecule has 2 aromatic heterocycles. The molecule has 2 heterocycles. The third-order valence-corrected chi connectivity index (χ3v) is 3.55. The van der Waals surface area contributed by atoms with Gasteiger partial charge in [-0.05, 0) is 30.0 Å². The molecule has 0 aliphatic rings. The summed E-state index contributed by atoms with van der Waals surface area (Å²) in [6.07, 6.45) is 3.16. The van der Waals surface area contributed by atoms with Crippen LogP contribution in [-0.4, -0.2) is 17.9 Å². The van der Waals surface area contributed by atoms with E-state index in [1.54, 1.807) is 30.4 Å². The van der Waals surface area contributed by atoms with Crippen molar-refractivity contribution in [1.29, 1.82) is 0 Å². The molecule has 0 aliphatic carbocycles. The molecular formula is C12H13N3OS. The maximum absolute atomic E-state index is 12.2. The van der Waals surface area contributed by atoms with Crippen molar-refractivity contribution in [3.63, 3.8) is 0 Å². The first kappa shape index (κ1) is 11.6. The van der Waals surface area contributed by atoms with Gasteiger partial charge in [0.05, 0.1) is 22.4 Å². The molecular weight excluding hydrogens is 234 g/mol. The SMILES string of the molecule is Cc1ccsc1C(=O)N(C)c1ccncc1N. The Morgan fingerprint density at radius 1 is 1.47 bits per heavy atom. The molecule has 0 aliphatic heterocycles. The third kappa shape index (κ3) is 2.14. The van der Waals surface area contributed by atoms with E-state index in [-0.39, 0.29) is 5.91 Å². The van der Waals surface area contributed by atoms with E-state index in [4.69, 9.17) is 5.73 Å². The molecule has 0 bridgehead atoms. The lowest BCUT2D eigenvalue weighted by Gasteiger charge is -2.18. The number of rotatable bonds is 2. The number of nitrogens with two attached hydrogens (primary N) is 1. The Balaban J connectivity index is 2.33. The van der Waals surface area contributed by atoms with E-state index in [2.05, 4.69) is 4.98 Å². The highest BCUT2D eigenvalue weighted by Crippen LogP contribution is 2.24. The minimum atomic E-state index is -0.0459. The number of aromatic nitrogens is 1. The van der Waals surface area contributed by atoms with Crippen molar-refractivity contribution < 1.29 is 4.79 Å². The van der Waals surface area contributed by atoms with Crippen LogP contribution in [0.3, 0.4) is 0 Å². The van der Waals surface area contributed by atoms with Crippen molar-refractivity contribution in [2.24, 2.45) is 0 Å². The van der Waals surface area contributed by atoms with E-state index < -0.39 is 0 Å². The molecule has 2 N–H and O–H groups in total. The van der Waals surface area contributed by atoms with Crippen LogP contribution in [0.25, 0.3) is 0 Å². The number of thiophene rings is 1. The number of carbonyl (C=O) groups excluding carboxylic acids is 1. The molecule has 1 amide bonds. The van der Waals surface area contributed by atoms with Crippen molar-refractivity contribution >= 4 is 28.6 Å². The largest absolute Gasteiger partial charge is 0.396 e. The average molecular weight is 247 g/mol. The third-order valence-electron chi connectivity index (χ3n) is 2.55. The van der Waals surface area contributed by atoms with E-state index in [9.17, 15) is 4.79 Å². The highest BCUT2D eigenvalue weighted by Gasteiger charge is 2.18. The van der Waals surface area contributed by atoms with Gasteiger partial charge >= 0.3 is 0 Å². The van der Waals surface area contributed by atoms with Crippen LogP contribution >= 0.6 is 11.3 Å². The van der Waals surface area contributed by atoms with Gasteiger partial charge in [-0.15, -0.1) is 11.3 Å². The zero-order chi connectivity index (χ0) is 12.4. The number of pyridine rings is 1. The number of carbonyl (C=O) groups is 1. The second kappa shape index (κ2) is 4.55. The first-order chi connectivity index (χ1) is 8.11. The molecule has 2 aromatic rings. The van der Waals surface area contributed by atoms with E-state index >= 15 is 0 Å². The number of anilines is 2. The second-order valence-corrected chi connectivity index (χ2v) is 4.65. The Kier molecular flexibility index (Phi) is 3.10. The highest BCUT2D eigenvalue weighted by atomic mass is 32.1. The molecule has 5 heteroatoms. The molecule has 0 atom stereocenters. The predicted octanol–water partition coefficient (Wildman–Crippen LogP) is 2.31. The van der Waals surface area contributed by atoms with Crippen LogP contribution in [0.15, 0.2) is 29.9 Å². The number of nitrogens with zero attached hydrogens (tertiary/aromatic N) is 2. The summed E-state index contributed by atoms with van der Waals surface area (Å²) in [7, 11) is 1.72. The smallest absolute Gasteiger partial charge is 0.268 e. The summed E-state index contributed by atoms with van der Waals surface area (Å²) in [6, 6.07) is 3.66. The topological polar surface area (TPSA) is 59.2 Å².